The van der Waals surface area contributed by atoms with Crippen LogP contribution in [0.5, 0.6) is 0 Å². The molecular formula is C19H20N2O2. The van der Waals surface area contributed by atoms with Crippen LogP contribution in [-0.2, 0) is 11.2 Å². The van der Waals surface area contributed by atoms with Crippen LogP contribution in [0.4, 0.5) is 0 Å². The third kappa shape index (κ3) is 2.65. The Labute approximate surface area is 135 Å². The molecule has 1 aliphatic rings. The molecule has 3 aromatic rings. The van der Waals surface area contributed by atoms with Gasteiger partial charge >= 0.3 is 0 Å². The zero-order chi connectivity index (χ0) is 15.8. The number of aromatic amines is 1. The second-order valence-corrected chi connectivity index (χ2v) is 6.26. The first kappa shape index (κ1) is 14.1. The topological polar surface area (TPSA) is 49.2 Å². The fourth-order valence-electron chi connectivity index (χ4n) is 3.29. The number of aromatic nitrogens is 1. The number of H-pyrrole nitrogens is 1. The molecule has 1 N–H and O–H groups in total. The highest BCUT2D eigenvalue weighted by Gasteiger charge is 2.37. The Balaban J connectivity index is 1.58. The quantitative estimate of drug-likeness (QED) is 0.773. The molecule has 0 spiro atoms. The predicted molar refractivity (Wildman–Crippen MR) is 89.0 cm³/mol. The Morgan fingerprint density at radius 3 is 2.87 bits per heavy atom. The second kappa shape index (κ2) is 5.61. The summed E-state index contributed by atoms with van der Waals surface area (Å²) in [4.78, 5) is 18.2. The number of carbonyl (C=O) groups excluding carboxylic acids is 1. The lowest BCUT2D eigenvalue weighted by atomic mass is 10.1. The van der Waals surface area contributed by atoms with Crippen molar-refractivity contribution < 1.29 is 9.21 Å². The van der Waals surface area contributed by atoms with Gasteiger partial charge in [0.1, 0.15) is 5.76 Å². The maximum atomic E-state index is 12.9. The van der Waals surface area contributed by atoms with E-state index in [0.29, 0.717) is 12.5 Å². The van der Waals surface area contributed by atoms with E-state index in [1.165, 1.54) is 0 Å². The largest absolute Gasteiger partial charge is 0.467 e. The summed E-state index contributed by atoms with van der Waals surface area (Å²) in [6, 6.07) is 12.3. The molecule has 1 fully saturated rings. The number of hydrogen-bond acceptors (Lipinski definition) is 2. The van der Waals surface area contributed by atoms with Gasteiger partial charge in [-0.15, -0.1) is 0 Å². The standard InChI is InChI=1S/C19H20N2O2/c1-13(18-7-4-10-23-18)21(15-8-9-15)19(22)11-14-12-20-17-6-3-2-5-16(14)17/h2-7,10,12-13,15,20H,8-9,11H2,1H3/t13-/m1/s1. The first-order valence-corrected chi connectivity index (χ1v) is 8.13. The van der Waals surface area contributed by atoms with Gasteiger partial charge in [-0.3, -0.25) is 4.79 Å². The van der Waals surface area contributed by atoms with E-state index in [4.69, 9.17) is 4.42 Å². The molecule has 0 saturated heterocycles. The van der Waals surface area contributed by atoms with E-state index in [-0.39, 0.29) is 11.9 Å². The zero-order valence-corrected chi connectivity index (χ0v) is 13.2. The highest BCUT2D eigenvalue weighted by atomic mass is 16.3. The van der Waals surface area contributed by atoms with Gasteiger partial charge in [0.15, 0.2) is 0 Å². The smallest absolute Gasteiger partial charge is 0.227 e. The van der Waals surface area contributed by atoms with Gasteiger partial charge in [0, 0.05) is 23.1 Å². The molecule has 2 aromatic heterocycles. The minimum absolute atomic E-state index is 0.0183. The highest BCUT2D eigenvalue weighted by molar-refractivity contribution is 5.89. The van der Waals surface area contributed by atoms with E-state index in [2.05, 4.69) is 11.1 Å². The van der Waals surface area contributed by atoms with E-state index in [1.54, 1.807) is 6.26 Å². The van der Waals surface area contributed by atoms with Gasteiger partial charge < -0.3 is 14.3 Å². The van der Waals surface area contributed by atoms with Gasteiger partial charge in [0.2, 0.25) is 5.91 Å². The summed E-state index contributed by atoms with van der Waals surface area (Å²) in [7, 11) is 0. The first-order chi connectivity index (χ1) is 11.2. The molecule has 1 saturated carbocycles. The first-order valence-electron chi connectivity index (χ1n) is 8.13. The Hall–Kier alpha value is -2.49. The number of benzene rings is 1. The predicted octanol–water partition coefficient (Wildman–Crippen LogP) is 4.06. The van der Waals surface area contributed by atoms with Gasteiger partial charge in [0.05, 0.1) is 18.7 Å². The van der Waals surface area contributed by atoms with Gasteiger partial charge in [-0.25, -0.2) is 0 Å². The van der Waals surface area contributed by atoms with Crippen molar-refractivity contribution in [1.29, 1.82) is 0 Å². The maximum absolute atomic E-state index is 12.9. The van der Waals surface area contributed by atoms with E-state index in [9.17, 15) is 4.79 Å². The molecule has 0 bridgehead atoms. The molecule has 0 aliphatic heterocycles. The number of hydrogen-bond donors (Lipinski definition) is 1. The molecule has 1 atom stereocenters. The van der Waals surface area contributed by atoms with Crippen LogP contribution in [0.15, 0.2) is 53.3 Å². The van der Waals surface area contributed by atoms with Gasteiger partial charge in [-0.1, -0.05) is 18.2 Å². The van der Waals surface area contributed by atoms with E-state index < -0.39 is 0 Å². The Bertz CT molecular complexity index is 815. The van der Waals surface area contributed by atoms with E-state index in [1.807, 2.05) is 48.4 Å². The zero-order valence-electron chi connectivity index (χ0n) is 13.2. The number of fused-ring (bicyclic) bond motifs is 1. The van der Waals surface area contributed by atoms with Crippen LogP contribution in [0, 0.1) is 0 Å². The van der Waals surface area contributed by atoms with E-state index >= 15 is 0 Å². The summed E-state index contributed by atoms with van der Waals surface area (Å²) in [6.45, 7) is 2.05. The molecule has 1 aliphatic carbocycles. The molecule has 1 amide bonds. The molecule has 23 heavy (non-hydrogen) atoms. The Morgan fingerprint density at radius 1 is 1.30 bits per heavy atom. The second-order valence-electron chi connectivity index (χ2n) is 6.26. The van der Waals surface area contributed by atoms with Crippen molar-refractivity contribution in [2.75, 3.05) is 0 Å². The lowest BCUT2D eigenvalue weighted by Gasteiger charge is -2.28. The molecule has 118 valence electrons. The average Bonchev–Trinajstić information content (AvgIpc) is 3.09. The Morgan fingerprint density at radius 2 is 2.13 bits per heavy atom. The summed E-state index contributed by atoms with van der Waals surface area (Å²) in [6.07, 6.45) is 6.22. The normalized spacial score (nSPS) is 15.7. The lowest BCUT2D eigenvalue weighted by molar-refractivity contribution is -0.133. The Kier molecular flexibility index (Phi) is 3.45. The summed E-state index contributed by atoms with van der Waals surface area (Å²) in [5.74, 6) is 1.02. The minimum atomic E-state index is -0.0183. The average molecular weight is 308 g/mol. The molecular weight excluding hydrogens is 288 g/mol. The molecule has 1 aromatic carbocycles. The fraction of sp³-hybridized carbons (Fsp3) is 0.316. The van der Waals surface area contributed by atoms with Gasteiger partial charge in [0.25, 0.3) is 0 Å². The van der Waals surface area contributed by atoms with Crippen LogP contribution in [-0.4, -0.2) is 21.8 Å². The molecule has 4 nitrogen and oxygen atoms in total. The van der Waals surface area contributed by atoms with Crippen molar-refractivity contribution in [3.8, 4) is 0 Å². The number of furan rings is 1. The molecule has 4 heteroatoms. The summed E-state index contributed by atoms with van der Waals surface area (Å²) >= 11 is 0. The van der Waals surface area contributed by atoms with Crippen molar-refractivity contribution in [2.45, 2.75) is 38.3 Å². The van der Waals surface area contributed by atoms with Crippen LogP contribution < -0.4 is 0 Å². The molecule has 0 radical (unpaired) electrons. The molecule has 0 unspecified atom stereocenters. The summed E-state index contributed by atoms with van der Waals surface area (Å²) < 4.78 is 5.51. The van der Waals surface area contributed by atoms with E-state index in [0.717, 1.165) is 35.1 Å². The number of amides is 1. The monoisotopic (exact) mass is 308 g/mol. The fourth-order valence-corrected chi connectivity index (χ4v) is 3.29. The summed E-state index contributed by atoms with van der Waals surface area (Å²) in [5.41, 5.74) is 2.13. The van der Waals surface area contributed by atoms with Crippen LogP contribution in [0.2, 0.25) is 0 Å². The van der Waals surface area contributed by atoms with Crippen molar-refractivity contribution in [3.63, 3.8) is 0 Å². The lowest BCUT2D eigenvalue weighted by Crippen LogP contribution is -2.36. The van der Waals surface area contributed by atoms with Crippen LogP contribution >= 0.6 is 0 Å². The number of rotatable bonds is 5. The number of nitrogens with one attached hydrogen (secondary N) is 1. The van der Waals surface area contributed by atoms with Crippen LogP contribution in [0.1, 0.15) is 37.1 Å². The van der Waals surface area contributed by atoms with Crippen molar-refractivity contribution in [1.82, 2.24) is 9.88 Å². The minimum Gasteiger partial charge on any atom is -0.467 e. The van der Waals surface area contributed by atoms with Crippen molar-refractivity contribution in [2.24, 2.45) is 0 Å². The van der Waals surface area contributed by atoms with Crippen LogP contribution in [0.3, 0.4) is 0 Å². The van der Waals surface area contributed by atoms with Crippen molar-refractivity contribution >= 4 is 16.8 Å². The van der Waals surface area contributed by atoms with Crippen LogP contribution in [0.25, 0.3) is 10.9 Å². The number of para-hydroxylation sites is 1. The number of carbonyl (C=O) groups is 1. The third-order valence-corrected chi connectivity index (χ3v) is 4.62. The SMILES string of the molecule is C[C@H](c1ccco1)N(C(=O)Cc1c[nH]c2ccccc12)C1CC1. The maximum Gasteiger partial charge on any atom is 0.227 e. The molecule has 4 rings (SSSR count). The number of nitrogens with zero attached hydrogens (tertiary/aromatic N) is 1. The summed E-state index contributed by atoms with van der Waals surface area (Å²) in [5, 5.41) is 1.13. The third-order valence-electron chi connectivity index (χ3n) is 4.62. The highest BCUT2D eigenvalue weighted by Crippen LogP contribution is 2.35. The molecule has 2 heterocycles. The van der Waals surface area contributed by atoms with Gasteiger partial charge in [-0.05, 0) is 43.5 Å². The van der Waals surface area contributed by atoms with Crippen molar-refractivity contribution in [3.05, 3.63) is 60.2 Å². The van der Waals surface area contributed by atoms with Gasteiger partial charge in [-0.2, -0.15) is 0 Å².